The van der Waals surface area contributed by atoms with Crippen molar-refractivity contribution < 1.29 is 14.6 Å². The summed E-state index contributed by atoms with van der Waals surface area (Å²) < 4.78 is 4.39. The molecule has 0 radical (unpaired) electrons. The van der Waals surface area contributed by atoms with Gasteiger partial charge in [0.1, 0.15) is 0 Å². The molecule has 0 spiro atoms. The Balaban J connectivity index is 5.25. The summed E-state index contributed by atoms with van der Waals surface area (Å²) in [5.41, 5.74) is -0.536. The molecule has 5 heteroatoms. The van der Waals surface area contributed by atoms with Crippen molar-refractivity contribution in [2.75, 3.05) is 0 Å². The molecule has 0 aromatic carbocycles. The molecule has 0 aliphatic carbocycles. The molecule has 0 amide bonds. The van der Waals surface area contributed by atoms with E-state index in [9.17, 15) is 9.90 Å². The molecule has 0 rings (SSSR count). The van der Waals surface area contributed by atoms with Crippen molar-refractivity contribution in [1.82, 2.24) is 0 Å². The number of hydrogen-bond acceptors (Lipinski definition) is 3. The summed E-state index contributed by atoms with van der Waals surface area (Å²) in [6.45, 7) is 9.40. The van der Waals surface area contributed by atoms with Gasteiger partial charge in [0.25, 0.3) is 0 Å². The number of carbonyl (C=O) groups is 1. The Labute approximate surface area is 122 Å². The van der Waals surface area contributed by atoms with Gasteiger partial charge in [0.2, 0.25) is 0 Å². The zero-order chi connectivity index (χ0) is 14.9. The van der Waals surface area contributed by atoms with Crippen LogP contribution in [0.15, 0.2) is 0 Å². The van der Waals surface area contributed by atoms with Crippen LogP contribution in [0.4, 0.5) is 0 Å². The second-order valence-electron chi connectivity index (χ2n) is 7.13. The summed E-state index contributed by atoms with van der Waals surface area (Å²) in [4.78, 5) is 11.5. The van der Waals surface area contributed by atoms with E-state index in [1.54, 1.807) is 0 Å². The third-order valence-electron chi connectivity index (χ3n) is 3.08. The van der Waals surface area contributed by atoms with E-state index in [0.29, 0.717) is 0 Å². The molecule has 18 heavy (non-hydrogen) atoms. The molecule has 0 aliphatic rings. The maximum absolute atomic E-state index is 12.2. The Morgan fingerprint density at radius 1 is 1.22 bits per heavy atom. The second-order valence-corrected chi connectivity index (χ2v) is 19.2. The fourth-order valence-corrected chi connectivity index (χ4v) is 11.7. The standard InChI is InChI=1S/C13H27BrGeO3/c1-9(2)13(17,15(6,7)8)10(14)11(16)18-12(3,4)5/h9-10,17H,1-8H3. The van der Waals surface area contributed by atoms with Crippen LogP contribution >= 0.6 is 15.9 Å². The number of alkyl halides is 1. The molecule has 2 unspecified atom stereocenters. The van der Waals surface area contributed by atoms with Gasteiger partial charge < -0.3 is 0 Å². The van der Waals surface area contributed by atoms with Gasteiger partial charge >= 0.3 is 122 Å². The zero-order valence-corrected chi connectivity index (χ0v) is 16.5. The van der Waals surface area contributed by atoms with Crippen molar-refractivity contribution in [2.24, 2.45) is 5.92 Å². The SMILES string of the molecule is CC(C)[C](O)(C(Br)C(=O)OC(C)(C)C)[Ge]([CH3])([CH3])[CH3]. The van der Waals surface area contributed by atoms with E-state index in [4.69, 9.17) is 4.74 Å². The summed E-state index contributed by atoms with van der Waals surface area (Å²) in [6.07, 6.45) is 0. The molecule has 0 fully saturated rings. The van der Waals surface area contributed by atoms with Crippen LogP contribution in [-0.4, -0.2) is 39.2 Å². The summed E-state index contributed by atoms with van der Waals surface area (Å²) in [5.74, 6) is 5.96. The summed E-state index contributed by atoms with van der Waals surface area (Å²) in [5, 5.41) is 11.0. The van der Waals surface area contributed by atoms with E-state index in [0.717, 1.165) is 0 Å². The van der Waals surface area contributed by atoms with Crippen molar-refractivity contribution in [2.45, 2.75) is 66.7 Å². The van der Waals surface area contributed by atoms with Crippen LogP contribution in [0.3, 0.4) is 0 Å². The Hall–Kier alpha value is 0.453. The van der Waals surface area contributed by atoms with Crippen LogP contribution in [0, 0.1) is 5.92 Å². The molecule has 108 valence electrons. The van der Waals surface area contributed by atoms with E-state index < -0.39 is 28.1 Å². The predicted molar refractivity (Wildman–Crippen MR) is 81.7 cm³/mol. The quantitative estimate of drug-likeness (QED) is 0.460. The van der Waals surface area contributed by atoms with Crippen LogP contribution in [0.5, 0.6) is 0 Å². The number of aliphatic hydroxyl groups is 1. The van der Waals surface area contributed by atoms with Gasteiger partial charge in [0.05, 0.1) is 0 Å². The van der Waals surface area contributed by atoms with E-state index in [-0.39, 0.29) is 11.9 Å². The Bertz CT molecular complexity index is 304. The normalized spacial score (nSPS) is 18.4. The summed E-state index contributed by atoms with van der Waals surface area (Å²) >= 11 is 0.875. The first-order valence-corrected chi connectivity index (χ1v) is 14.6. The molecule has 0 saturated heterocycles. The third-order valence-corrected chi connectivity index (χ3v) is 11.9. The van der Waals surface area contributed by atoms with E-state index in [1.807, 2.05) is 34.6 Å². The molecule has 0 aliphatic heterocycles. The molecule has 0 saturated carbocycles. The molecule has 0 bridgehead atoms. The van der Waals surface area contributed by atoms with Gasteiger partial charge in [-0.3, -0.25) is 0 Å². The van der Waals surface area contributed by atoms with Gasteiger partial charge in [-0.25, -0.2) is 0 Å². The van der Waals surface area contributed by atoms with Crippen molar-refractivity contribution in [3.63, 3.8) is 0 Å². The van der Waals surface area contributed by atoms with Crippen LogP contribution in [0.1, 0.15) is 34.6 Å². The van der Waals surface area contributed by atoms with E-state index in [2.05, 4.69) is 33.2 Å². The minimum atomic E-state index is -2.50. The summed E-state index contributed by atoms with van der Waals surface area (Å²) in [7, 11) is 0. The molecule has 1 N–H and O–H groups in total. The van der Waals surface area contributed by atoms with Crippen LogP contribution in [0.2, 0.25) is 17.3 Å². The predicted octanol–water partition coefficient (Wildman–Crippen LogP) is 3.36. The van der Waals surface area contributed by atoms with Gasteiger partial charge in [-0.15, -0.1) is 0 Å². The van der Waals surface area contributed by atoms with Crippen LogP contribution < -0.4 is 0 Å². The maximum atomic E-state index is 12.2. The third kappa shape index (κ3) is 4.24. The van der Waals surface area contributed by atoms with Gasteiger partial charge in [-0.05, 0) is 0 Å². The molecule has 3 nitrogen and oxygen atoms in total. The van der Waals surface area contributed by atoms with Gasteiger partial charge in [0, 0.05) is 0 Å². The number of carbonyl (C=O) groups excluding carboxylic acids is 1. The molecule has 0 heterocycles. The van der Waals surface area contributed by atoms with E-state index >= 15 is 0 Å². The average Bonchev–Trinajstić information content (AvgIpc) is 2.10. The van der Waals surface area contributed by atoms with Gasteiger partial charge in [-0.2, -0.15) is 0 Å². The second kappa shape index (κ2) is 5.84. The van der Waals surface area contributed by atoms with Crippen molar-refractivity contribution in [3.05, 3.63) is 0 Å². The molecule has 0 aromatic heterocycles. The Morgan fingerprint density at radius 3 is 1.83 bits per heavy atom. The van der Waals surface area contributed by atoms with Gasteiger partial charge in [0.15, 0.2) is 0 Å². The number of halogens is 1. The molecule has 2 atom stereocenters. The number of ether oxygens (including phenoxy) is 1. The fourth-order valence-electron chi connectivity index (χ4n) is 2.07. The molecule has 0 aromatic rings. The molecular weight excluding hydrogens is 357 g/mol. The average molecular weight is 384 g/mol. The Morgan fingerprint density at radius 2 is 1.61 bits per heavy atom. The van der Waals surface area contributed by atoms with Crippen LogP contribution in [0.25, 0.3) is 0 Å². The fraction of sp³-hybridized carbons (Fsp3) is 0.923. The van der Waals surface area contributed by atoms with Crippen LogP contribution in [-0.2, 0) is 9.53 Å². The van der Waals surface area contributed by atoms with Gasteiger partial charge in [-0.1, -0.05) is 0 Å². The van der Waals surface area contributed by atoms with Crippen molar-refractivity contribution >= 4 is 35.2 Å². The minimum absolute atomic E-state index is 0.00870. The zero-order valence-electron chi connectivity index (χ0n) is 12.8. The first kappa shape index (κ1) is 18.5. The number of esters is 1. The van der Waals surface area contributed by atoms with Crippen molar-refractivity contribution in [3.8, 4) is 0 Å². The molecular formula is C13H27BrGeO3. The summed E-state index contributed by atoms with van der Waals surface area (Å²) in [6, 6.07) is 0. The van der Waals surface area contributed by atoms with Crippen molar-refractivity contribution in [1.29, 1.82) is 0 Å². The topological polar surface area (TPSA) is 46.5 Å². The number of rotatable bonds is 4. The Kier molecular flexibility index (Phi) is 5.98. The first-order chi connectivity index (χ1) is 7.73. The number of hydrogen-bond donors (Lipinski definition) is 1. The van der Waals surface area contributed by atoms with E-state index in [1.165, 1.54) is 0 Å². The first-order valence-electron chi connectivity index (χ1n) is 6.32. The monoisotopic (exact) mass is 384 g/mol.